The van der Waals surface area contributed by atoms with Gasteiger partial charge in [-0.2, -0.15) is 11.8 Å². The highest BCUT2D eigenvalue weighted by Crippen LogP contribution is 2.39. The highest BCUT2D eigenvalue weighted by Gasteiger charge is 2.45. The van der Waals surface area contributed by atoms with Crippen LogP contribution >= 0.6 is 11.8 Å². The Morgan fingerprint density at radius 2 is 2.20 bits per heavy atom. The van der Waals surface area contributed by atoms with Gasteiger partial charge in [0.2, 0.25) is 0 Å². The van der Waals surface area contributed by atoms with Crippen molar-refractivity contribution >= 4 is 17.7 Å². The molecule has 0 aromatic heterocycles. The molecular weight excluding hydrogens is 274 g/mol. The van der Waals surface area contributed by atoms with E-state index in [-0.39, 0.29) is 12.0 Å². The van der Waals surface area contributed by atoms with Gasteiger partial charge in [0.1, 0.15) is 5.54 Å². The van der Waals surface area contributed by atoms with Crippen LogP contribution in [0.3, 0.4) is 0 Å². The van der Waals surface area contributed by atoms with Crippen molar-refractivity contribution < 1.29 is 14.3 Å². The monoisotopic (exact) mass is 301 g/mol. The van der Waals surface area contributed by atoms with E-state index in [1.165, 1.54) is 6.42 Å². The summed E-state index contributed by atoms with van der Waals surface area (Å²) in [5.41, 5.74) is -0.481. The minimum absolute atomic E-state index is 0.0659. The maximum atomic E-state index is 12.5. The molecule has 2 aliphatic rings. The second-order valence-corrected chi connectivity index (χ2v) is 7.72. The second-order valence-electron chi connectivity index (χ2n) is 6.12. The summed E-state index contributed by atoms with van der Waals surface area (Å²) in [6.45, 7) is 8.25. The lowest BCUT2D eigenvalue weighted by Crippen LogP contribution is -2.58. The van der Waals surface area contributed by atoms with Crippen molar-refractivity contribution in [2.45, 2.75) is 68.5 Å². The smallest absolute Gasteiger partial charge is 0.326 e. The fourth-order valence-electron chi connectivity index (χ4n) is 3.10. The van der Waals surface area contributed by atoms with Gasteiger partial charge in [0, 0.05) is 11.3 Å². The molecule has 0 aromatic carbocycles. The minimum Gasteiger partial charge on any atom is -0.465 e. The highest BCUT2D eigenvalue weighted by atomic mass is 32.2. The van der Waals surface area contributed by atoms with E-state index in [9.17, 15) is 4.79 Å². The molecule has 5 heteroatoms. The third-order valence-corrected chi connectivity index (χ3v) is 5.37. The summed E-state index contributed by atoms with van der Waals surface area (Å²) >= 11 is 2.00. The number of esters is 1. The molecular formula is C15H27NO3S. The highest BCUT2D eigenvalue weighted by molar-refractivity contribution is 8.00. The molecule has 116 valence electrons. The van der Waals surface area contributed by atoms with Crippen LogP contribution in [0.5, 0.6) is 0 Å². The molecule has 1 saturated heterocycles. The zero-order valence-corrected chi connectivity index (χ0v) is 13.6. The minimum atomic E-state index is -0.481. The average Bonchev–Trinajstić information content (AvgIpc) is 2.34. The average molecular weight is 301 g/mol. The zero-order chi connectivity index (χ0) is 14.6. The predicted molar refractivity (Wildman–Crippen MR) is 82.1 cm³/mol. The van der Waals surface area contributed by atoms with Gasteiger partial charge < -0.3 is 9.47 Å². The van der Waals surface area contributed by atoms with E-state index in [0.29, 0.717) is 17.1 Å². The van der Waals surface area contributed by atoms with Crippen LogP contribution in [0.2, 0.25) is 0 Å². The first-order valence-electron chi connectivity index (χ1n) is 7.74. The van der Waals surface area contributed by atoms with E-state index in [4.69, 9.17) is 9.47 Å². The van der Waals surface area contributed by atoms with Crippen molar-refractivity contribution in [1.29, 1.82) is 0 Å². The number of carbonyl (C=O) groups is 1. The van der Waals surface area contributed by atoms with Gasteiger partial charge in [-0.05, 0) is 46.5 Å². The maximum Gasteiger partial charge on any atom is 0.326 e. The van der Waals surface area contributed by atoms with Crippen LogP contribution in [0.4, 0.5) is 0 Å². The van der Waals surface area contributed by atoms with Gasteiger partial charge in [-0.1, -0.05) is 0 Å². The summed E-state index contributed by atoms with van der Waals surface area (Å²) in [4.78, 5) is 12.5. The normalized spacial score (nSPS) is 31.1. The molecule has 0 spiro atoms. The van der Waals surface area contributed by atoms with Crippen LogP contribution in [0.15, 0.2) is 0 Å². The van der Waals surface area contributed by atoms with Gasteiger partial charge in [-0.25, -0.2) is 0 Å². The first-order valence-corrected chi connectivity index (χ1v) is 8.68. The molecule has 1 heterocycles. The predicted octanol–water partition coefficient (Wildman–Crippen LogP) is 2.36. The summed E-state index contributed by atoms with van der Waals surface area (Å²) < 4.78 is 10.6. The van der Waals surface area contributed by atoms with E-state index in [1.54, 1.807) is 0 Å². The van der Waals surface area contributed by atoms with Gasteiger partial charge in [0.25, 0.3) is 0 Å². The molecule has 2 fully saturated rings. The molecule has 0 bridgehead atoms. The van der Waals surface area contributed by atoms with E-state index < -0.39 is 5.54 Å². The van der Waals surface area contributed by atoms with Gasteiger partial charge in [-0.15, -0.1) is 0 Å². The second kappa shape index (κ2) is 7.14. The van der Waals surface area contributed by atoms with E-state index in [0.717, 1.165) is 32.5 Å². The Morgan fingerprint density at radius 1 is 1.45 bits per heavy atom. The Balaban J connectivity index is 2.02. The van der Waals surface area contributed by atoms with Gasteiger partial charge in [-0.3, -0.25) is 10.1 Å². The largest absolute Gasteiger partial charge is 0.465 e. The van der Waals surface area contributed by atoms with Crippen LogP contribution < -0.4 is 5.32 Å². The summed E-state index contributed by atoms with van der Waals surface area (Å²) in [6.07, 6.45) is 4.05. The van der Waals surface area contributed by atoms with Crippen molar-refractivity contribution in [3.63, 3.8) is 0 Å². The molecule has 1 aliphatic heterocycles. The van der Waals surface area contributed by atoms with Crippen LogP contribution in [0.1, 0.15) is 46.5 Å². The number of rotatable bonds is 6. The lowest BCUT2D eigenvalue weighted by atomic mass is 9.80. The number of ether oxygens (including phenoxy) is 2. The molecule has 20 heavy (non-hydrogen) atoms. The lowest BCUT2D eigenvalue weighted by molar-refractivity contribution is -0.153. The summed E-state index contributed by atoms with van der Waals surface area (Å²) in [5.74, 6) is -0.0659. The van der Waals surface area contributed by atoms with Crippen LogP contribution in [0.25, 0.3) is 0 Å². The molecule has 2 unspecified atom stereocenters. The number of hydrogen-bond donors (Lipinski definition) is 1. The summed E-state index contributed by atoms with van der Waals surface area (Å²) in [7, 11) is 0. The third-order valence-electron chi connectivity index (χ3n) is 3.93. The number of thioether (sulfide) groups is 1. The topological polar surface area (TPSA) is 47.6 Å². The third kappa shape index (κ3) is 3.89. The molecule has 0 amide bonds. The van der Waals surface area contributed by atoms with Crippen LogP contribution in [0, 0.1) is 0 Å². The van der Waals surface area contributed by atoms with E-state index >= 15 is 0 Å². The van der Waals surface area contributed by atoms with Crippen molar-refractivity contribution in [3.05, 3.63) is 0 Å². The number of hydrogen-bond acceptors (Lipinski definition) is 5. The summed E-state index contributed by atoms with van der Waals surface area (Å²) in [6, 6.07) is 0.287. The van der Waals surface area contributed by atoms with Gasteiger partial charge in [0.05, 0.1) is 25.1 Å². The fourth-order valence-corrected chi connectivity index (χ4v) is 4.68. The fraction of sp³-hybridized carbons (Fsp3) is 0.933. The zero-order valence-electron chi connectivity index (χ0n) is 12.8. The first kappa shape index (κ1) is 16.1. The SMILES string of the molecule is CCOC(=O)C1(NC(C)C)CCCC(SC2COC2)C1. The first-order chi connectivity index (χ1) is 9.55. The Hall–Kier alpha value is -0.260. The molecule has 1 saturated carbocycles. The van der Waals surface area contributed by atoms with Crippen molar-refractivity contribution in [2.75, 3.05) is 19.8 Å². The van der Waals surface area contributed by atoms with Crippen LogP contribution in [-0.2, 0) is 14.3 Å². The molecule has 2 rings (SSSR count). The molecule has 2 atom stereocenters. The standard InChI is InChI=1S/C15H27NO3S/c1-4-19-14(17)15(16-11(2)3)7-5-6-12(8-15)20-13-9-18-10-13/h11-13,16H,4-10H2,1-3H3. The van der Waals surface area contributed by atoms with Crippen LogP contribution in [-0.4, -0.2) is 47.9 Å². The lowest BCUT2D eigenvalue weighted by Gasteiger charge is -2.42. The number of carbonyl (C=O) groups excluding carboxylic acids is 1. The Kier molecular flexibility index (Phi) is 5.75. The van der Waals surface area contributed by atoms with E-state index in [2.05, 4.69) is 19.2 Å². The Labute approximate surface area is 126 Å². The Morgan fingerprint density at radius 3 is 2.75 bits per heavy atom. The molecule has 1 aliphatic carbocycles. The van der Waals surface area contributed by atoms with Gasteiger partial charge in [0.15, 0.2) is 0 Å². The summed E-state index contributed by atoms with van der Waals surface area (Å²) in [5, 5.41) is 4.66. The molecule has 0 radical (unpaired) electrons. The number of nitrogens with one attached hydrogen (secondary N) is 1. The molecule has 4 nitrogen and oxygen atoms in total. The quantitative estimate of drug-likeness (QED) is 0.763. The Bertz CT molecular complexity index is 333. The maximum absolute atomic E-state index is 12.5. The van der Waals surface area contributed by atoms with Crippen molar-refractivity contribution in [1.82, 2.24) is 5.32 Å². The van der Waals surface area contributed by atoms with E-state index in [1.807, 2.05) is 18.7 Å². The van der Waals surface area contributed by atoms with Crippen molar-refractivity contribution in [2.24, 2.45) is 0 Å². The van der Waals surface area contributed by atoms with Crippen molar-refractivity contribution in [3.8, 4) is 0 Å². The molecule has 1 N–H and O–H groups in total. The molecule has 0 aromatic rings. The van der Waals surface area contributed by atoms with Gasteiger partial charge >= 0.3 is 5.97 Å².